The summed E-state index contributed by atoms with van der Waals surface area (Å²) in [5.41, 5.74) is 1.71. The highest BCUT2D eigenvalue weighted by atomic mass is 32.2. The number of anilines is 1. The zero-order valence-corrected chi connectivity index (χ0v) is 15.2. The van der Waals surface area contributed by atoms with Crippen molar-refractivity contribution in [2.45, 2.75) is 4.90 Å². The predicted octanol–water partition coefficient (Wildman–Crippen LogP) is 1.84. The highest BCUT2D eigenvalue weighted by Gasteiger charge is 2.26. The predicted molar refractivity (Wildman–Crippen MR) is 100 cm³/mol. The number of fused-ring (bicyclic) bond motifs is 1. The Labute approximate surface area is 156 Å². The number of aromatic nitrogens is 2. The summed E-state index contributed by atoms with van der Waals surface area (Å²) in [6.07, 6.45) is 1.68. The smallest absolute Gasteiger partial charge is 0.255 e. The Hall–Kier alpha value is -2.75. The van der Waals surface area contributed by atoms with Crippen LogP contribution in [-0.2, 0) is 14.8 Å². The standard InChI is InChI=1S/C18H18N4O4S/c23-18(20-16-3-1-2-14-12-19-21-17(14)16)13-4-6-15(7-5-13)27(24,25)22-8-10-26-11-9-22/h1-7,12H,8-11H2,(H,19,21)(H,20,23). The monoisotopic (exact) mass is 386 g/mol. The molecule has 1 amide bonds. The van der Waals surface area contributed by atoms with Gasteiger partial charge in [-0.25, -0.2) is 8.42 Å². The molecule has 1 aromatic heterocycles. The molecule has 1 aliphatic heterocycles. The van der Waals surface area contributed by atoms with E-state index in [0.717, 1.165) is 10.9 Å². The SMILES string of the molecule is O=C(Nc1cccc2cn[nH]c12)c1ccc(S(=O)(=O)N2CCOCC2)cc1. The van der Waals surface area contributed by atoms with E-state index in [1.807, 2.05) is 12.1 Å². The third-order valence-electron chi connectivity index (χ3n) is 4.45. The number of para-hydroxylation sites is 1. The number of ether oxygens (including phenoxy) is 1. The van der Waals surface area contributed by atoms with Gasteiger partial charge in [0.15, 0.2) is 0 Å². The molecule has 3 aromatic rings. The van der Waals surface area contributed by atoms with Crippen LogP contribution in [0.2, 0.25) is 0 Å². The second-order valence-electron chi connectivity index (χ2n) is 6.13. The molecule has 0 spiro atoms. The number of benzene rings is 2. The number of hydrogen-bond acceptors (Lipinski definition) is 5. The Bertz CT molecular complexity index is 1070. The molecule has 1 aliphatic rings. The van der Waals surface area contributed by atoms with E-state index in [1.54, 1.807) is 12.3 Å². The van der Waals surface area contributed by atoms with Crippen LogP contribution in [0.5, 0.6) is 0 Å². The van der Waals surface area contributed by atoms with Gasteiger partial charge in [-0.05, 0) is 30.3 Å². The van der Waals surface area contributed by atoms with Gasteiger partial charge in [-0.15, -0.1) is 0 Å². The summed E-state index contributed by atoms with van der Waals surface area (Å²) in [6, 6.07) is 11.4. The first kappa shape index (κ1) is 17.7. The zero-order chi connectivity index (χ0) is 18.9. The number of nitrogens with zero attached hydrogens (tertiary/aromatic N) is 2. The molecule has 0 unspecified atom stereocenters. The molecule has 2 N–H and O–H groups in total. The van der Waals surface area contributed by atoms with Gasteiger partial charge in [0.2, 0.25) is 10.0 Å². The molecule has 0 aliphatic carbocycles. The highest BCUT2D eigenvalue weighted by Crippen LogP contribution is 2.22. The summed E-state index contributed by atoms with van der Waals surface area (Å²) in [6.45, 7) is 1.44. The van der Waals surface area contributed by atoms with Crippen molar-refractivity contribution in [2.75, 3.05) is 31.6 Å². The number of aromatic amines is 1. The second kappa shape index (κ2) is 7.10. The maximum Gasteiger partial charge on any atom is 0.255 e. The Morgan fingerprint density at radius 3 is 2.59 bits per heavy atom. The van der Waals surface area contributed by atoms with Crippen LogP contribution in [0.3, 0.4) is 0 Å². The van der Waals surface area contributed by atoms with Crippen molar-refractivity contribution < 1.29 is 17.9 Å². The van der Waals surface area contributed by atoms with Gasteiger partial charge in [0.1, 0.15) is 0 Å². The Morgan fingerprint density at radius 1 is 1.11 bits per heavy atom. The van der Waals surface area contributed by atoms with Gasteiger partial charge in [-0.2, -0.15) is 9.40 Å². The molecule has 27 heavy (non-hydrogen) atoms. The van der Waals surface area contributed by atoms with Crippen LogP contribution in [0.25, 0.3) is 10.9 Å². The fourth-order valence-electron chi connectivity index (χ4n) is 2.98. The average molecular weight is 386 g/mol. The summed E-state index contributed by atoms with van der Waals surface area (Å²) in [5.74, 6) is -0.326. The lowest BCUT2D eigenvalue weighted by Crippen LogP contribution is -2.40. The van der Waals surface area contributed by atoms with Gasteiger partial charge >= 0.3 is 0 Å². The van der Waals surface area contributed by atoms with Gasteiger partial charge in [-0.3, -0.25) is 9.89 Å². The van der Waals surface area contributed by atoms with E-state index in [2.05, 4.69) is 15.5 Å². The zero-order valence-electron chi connectivity index (χ0n) is 14.4. The molecule has 140 valence electrons. The lowest BCUT2D eigenvalue weighted by atomic mass is 10.2. The van der Waals surface area contributed by atoms with Crippen LogP contribution in [0.4, 0.5) is 5.69 Å². The molecule has 4 rings (SSSR count). The van der Waals surface area contributed by atoms with E-state index in [-0.39, 0.29) is 10.8 Å². The van der Waals surface area contributed by atoms with Gasteiger partial charge in [-0.1, -0.05) is 12.1 Å². The van der Waals surface area contributed by atoms with Gasteiger partial charge in [0, 0.05) is 24.0 Å². The van der Waals surface area contributed by atoms with E-state index in [0.29, 0.717) is 37.6 Å². The number of carbonyl (C=O) groups is 1. The van der Waals surface area contributed by atoms with Crippen molar-refractivity contribution in [3.8, 4) is 0 Å². The number of hydrogen-bond donors (Lipinski definition) is 2. The number of sulfonamides is 1. The van der Waals surface area contributed by atoms with Crippen LogP contribution in [0.15, 0.2) is 53.6 Å². The number of rotatable bonds is 4. The summed E-state index contributed by atoms with van der Waals surface area (Å²) in [5, 5.41) is 10.5. The van der Waals surface area contributed by atoms with E-state index >= 15 is 0 Å². The number of morpholine rings is 1. The summed E-state index contributed by atoms with van der Waals surface area (Å²) >= 11 is 0. The van der Waals surface area contributed by atoms with Crippen molar-refractivity contribution >= 4 is 32.5 Å². The quantitative estimate of drug-likeness (QED) is 0.712. The Balaban J connectivity index is 1.53. The number of amides is 1. The Morgan fingerprint density at radius 2 is 1.85 bits per heavy atom. The number of nitrogens with one attached hydrogen (secondary N) is 2. The molecule has 0 atom stereocenters. The minimum atomic E-state index is -3.58. The fraction of sp³-hybridized carbons (Fsp3) is 0.222. The topological polar surface area (TPSA) is 104 Å². The lowest BCUT2D eigenvalue weighted by molar-refractivity contribution is 0.0730. The second-order valence-corrected chi connectivity index (χ2v) is 8.07. The van der Waals surface area contributed by atoms with Crippen LogP contribution in [0.1, 0.15) is 10.4 Å². The van der Waals surface area contributed by atoms with Gasteiger partial charge < -0.3 is 10.1 Å². The maximum atomic E-state index is 12.6. The molecule has 0 saturated carbocycles. The van der Waals surface area contributed by atoms with Crippen molar-refractivity contribution in [3.05, 3.63) is 54.2 Å². The molecule has 2 heterocycles. The van der Waals surface area contributed by atoms with E-state index in [4.69, 9.17) is 4.74 Å². The molecule has 2 aromatic carbocycles. The maximum absolute atomic E-state index is 12.6. The third-order valence-corrected chi connectivity index (χ3v) is 6.36. The molecule has 9 heteroatoms. The molecule has 1 saturated heterocycles. The lowest BCUT2D eigenvalue weighted by Gasteiger charge is -2.26. The normalized spacial score (nSPS) is 15.7. The van der Waals surface area contributed by atoms with Crippen molar-refractivity contribution in [3.63, 3.8) is 0 Å². The van der Waals surface area contributed by atoms with Crippen LogP contribution in [0, 0.1) is 0 Å². The number of H-pyrrole nitrogens is 1. The van der Waals surface area contributed by atoms with E-state index < -0.39 is 10.0 Å². The third kappa shape index (κ3) is 3.44. The first-order valence-electron chi connectivity index (χ1n) is 8.47. The molecule has 1 fully saturated rings. The average Bonchev–Trinajstić information content (AvgIpc) is 3.19. The molecule has 0 bridgehead atoms. The van der Waals surface area contributed by atoms with Crippen molar-refractivity contribution in [1.29, 1.82) is 0 Å². The van der Waals surface area contributed by atoms with Crippen LogP contribution < -0.4 is 5.32 Å². The molecule has 8 nitrogen and oxygen atoms in total. The molecular weight excluding hydrogens is 368 g/mol. The van der Waals surface area contributed by atoms with E-state index in [9.17, 15) is 13.2 Å². The number of carbonyl (C=O) groups excluding carboxylic acids is 1. The summed E-state index contributed by atoms with van der Waals surface area (Å²) in [7, 11) is -3.58. The minimum absolute atomic E-state index is 0.164. The first-order chi connectivity index (χ1) is 13.1. The Kier molecular flexibility index (Phi) is 4.65. The van der Waals surface area contributed by atoms with Crippen molar-refractivity contribution in [2.24, 2.45) is 0 Å². The van der Waals surface area contributed by atoms with E-state index in [1.165, 1.54) is 28.6 Å². The van der Waals surface area contributed by atoms with Crippen LogP contribution in [-0.4, -0.2) is 55.1 Å². The van der Waals surface area contributed by atoms with Gasteiger partial charge in [0.25, 0.3) is 5.91 Å². The first-order valence-corrected chi connectivity index (χ1v) is 9.91. The van der Waals surface area contributed by atoms with Crippen LogP contribution >= 0.6 is 0 Å². The minimum Gasteiger partial charge on any atom is -0.379 e. The highest BCUT2D eigenvalue weighted by molar-refractivity contribution is 7.89. The summed E-state index contributed by atoms with van der Waals surface area (Å²) in [4.78, 5) is 12.7. The molecular formula is C18H18N4O4S. The summed E-state index contributed by atoms with van der Waals surface area (Å²) < 4.78 is 31.9. The largest absolute Gasteiger partial charge is 0.379 e. The van der Waals surface area contributed by atoms with Crippen molar-refractivity contribution in [1.82, 2.24) is 14.5 Å². The molecule has 0 radical (unpaired) electrons. The van der Waals surface area contributed by atoms with Gasteiger partial charge in [0.05, 0.1) is 35.5 Å². The fourth-order valence-corrected chi connectivity index (χ4v) is 4.39.